The fourth-order valence-electron chi connectivity index (χ4n) is 0.854. The van der Waals surface area contributed by atoms with Crippen molar-refractivity contribution in [1.29, 1.82) is 0 Å². The standard InChI is InChI=1S/C9H11N3O4/c1-11(2)9(13)10-16-8-5-3-4-7(6-8)12(14)15/h3-6H,1-2H3,(H,10,13). The van der Waals surface area contributed by atoms with Gasteiger partial charge >= 0.3 is 6.03 Å². The van der Waals surface area contributed by atoms with Gasteiger partial charge in [0.05, 0.1) is 11.0 Å². The summed E-state index contributed by atoms with van der Waals surface area (Å²) < 4.78 is 0. The first-order valence-electron chi connectivity index (χ1n) is 4.39. The van der Waals surface area contributed by atoms with Gasteiger partial charge in [-0.1, -0.05) is 6.07 Å². The topological polar surface area (TPSA) is 84.7 Å². The third kappa shape index (κ3) is 3.12. The van der Waals surface area contributed by atoms with Crippen LogP contribution in [0.1, 0.15) is 0 Å². The molecule has 0 heterocycles. The summed E-state index contributed by atoms with van der Waals surface area (Å²) >= 11 is 0. The van der Waals surface area contributed by atoms with Crippen molar-refractivity contribution in [1.82, 2.24) is 10.4 Å². The highest BCUT2D eigenvalue weighted by Crippen LogP contribution is 2.18. The van der Waals surface area contributed by atoms with Crippen LogP contribution in [-0.2, 0) is 0 Å². The second-order valence-electron chi connectivity index (χ2n) is 3.16. The quantitative estimate of drug-likeness (QED) is 0.617. The summed E-state index contributed by atoms with van der Waals surface area (Å²) in [6.45, 7) is 0. The number of nitro groups is 1. The van der Waals surface area contributed by atoms with Gasteiger partial charge in [0.25, 0.3) is 5.69 Å². The number of amides is 2. The average Bonchev–Trinajstić information content (AvgIpc) is 2.26. The summed E-state index contributed by atoms with van der Waals surface area (Å²) in [5, 5.41) is 10.5. The number of non-ortho nitro benzene ring substituents is 1. The summed E-state index contributed by atoms with van der Waals surface area (Å²) in [5.41, 5.74) is 2.03. The smallest absolute Gasteiger partial charge is 0.349 e. The van der Waals surface area contributed by atoms with Crippen molar-refractivity contribution in [3.8, 4) is 5.75 Å². The number of benzene rings is 1. The molecule has 7 nitrogen and oxygen atoms in total. The molecule has 0 atom stereocenters. The molecule has 0 aromatic heterocycles. The summed E-state index contributed by atoms with van der Waals surface area (Å²) in [4.78, 5) is 27.2. The molecule has 0 fully saturated rings. The highest BCUT2D eigenvalue weighted by atomic mass is 16.7. The molecule has 0 saturated heterocycles. The van der Waals surface area contributed by atoms with Crippen molar-refractivity contribution in [2.24, 2.45) is 0 Å². The van der Waals surface area contributed by atoms with Crippen LogP contribution in [0.25, 0.3) is 0 Å². The number of carbonyl (C=O) groups is 1. The maximum absolute atomic E-state index is 11.1. The highest BCUT2D eigenvalue weighted by molar-refractivity contribution is 5.72. The number of nitrogens with one attached hydrogen (secondary N) is 1. The molecule has 0 radical (unpaired) electrons. The summed E-state index contributed by atoms with van der Waals surface area (Å²) in [7, 11) is 3.10. The SMILES string of the molecule is CN(C)C(=O)NOc1cccc([N+](=O)[O-])c1. The number of hydrogen-bond donors (Lipinski definition) is 1. The number of carbonyl (C=O) groups excluding carboxylic acids is 1. The fraction of sp³-hybridized carbons (Fsp3) is 0.222. The number of rotatable bonds is 3. The van der Waals surface area contributed by atoms with E-state index in [1.54, 1.807) is 14.1 Å². The zero-order chi connectivity index (χ0) is 12.1. The molecule has 2 amide bonds. The highest BCUT2D eigenvalue weighted by Gasteiger charge is 2.08. The van der Waals surface area contributed by atoms with Gasteiger partial charge in [-0.3, -0.25) is 10.1 Å². The van der Waals surface area contributed by atoms with Crippen LogP contribution in [0, 0.1) is 10.1 Å². The Balaban J connectivity index is 2.64. The van der Waals surface area contributed by atoms with Gasteiger partial charge in [0, 0.05) is 20.2 Å². The largest absolute Gasteiger partial charge is 0.378 e. The van der Waals surface area contributed by atoms with Crippen molar-refractivity contribution in [3.63, 3.8) is 0 Å². The molecule has 1 aromatic rings. The first-order chi connectivity index (χ1) is 7.50. The molecule has 0 saturated carbocycles. The fourth-order valence-corrected chi connectivity index (χ4v) is 0.854. The molecule has 0 aliphatic carbocycles. The summed E-state index contributed by atoms with van der Waals surface area (Å²) in [6.07, 6.45) is 0. The van der Waals surface area contributed by atoms with E-state index in [1.807, 2.05) is 0 Å². The first kappa shape index (κ1) is 11.8. The third-order valence-corrected chi connectivity index (χ3v) is 1.69. The van der Waals surface area contributed by atoms with Crippen LogP contribution in [0.4, 0.5) is 10.5 Å². The molecule has 1 aromatic carbocycles. The minimum Gasteiger partial charge on any atom is -0.378 e. The molecule has 0 spiro atoms. The first-order valence-corrected chi connectivity index (χ1v) is 4.39. The second kappa shape index (κ2) is 4.96. The zero-order valence-corrected chi connectivity index (χ0v) is 8.84. The van der Waals surface area contributed by atoms with E-state index in [2.05, 4.69) is 5.48 Å². The third-order valence-electron chi connectivity index (χ3n) is 1.69. The number of hydrogen-bond acceptors (Lipinski definition) is 4. The molecule has 16 heavy (non-hydrogen) atoms. The Labute approximate surface area is 91.7 Å². The van der Waals surface area contributed by atoms with E-state index in [-0.39, 0.29) is 11.4 Å². The average molecular weight is 225 g/mol. The van der Waals surface area contributed by atoms with Crippen LogP contribution in [0.3, 0.4) is 0 Å². The Morgan fingerprint density at radius 1 is 1.50 bits per heavy atom. The lowest BCUT2D eigenvalue weighted by atomic mass is 10.3. The second-order valence-corrected chi connectivity index (χ2v) is 3.16. The van der Waals surface area contributed by atoms with Crippen molar-refractivity contribution < 1.29 is 14.6 Å². The van der Waals surface area contributed by atoms with Gasteiger partial charge < -0.3 is 9.74 Å². The Morgan fingerprint density at radius 3 is 2.75 bits per heavy atom. The summed E-state index contributed by atoms with van der Waals surface area (Å²) in [5.74, 6) is 0.199. The molecule has 86 valence electrons. The zero-order valence-electron chi connectivity index (χ0n) is 8.84. The van der Waals surface area contributed by atoms with Gasteiger partial charge in [0.15, 0.2) is 5.75 Å². The van der Waals surface area contributed by atoms with Crippen LogP contribution in [-0.4, -0.2) is 29.9 Å². The molecule has 1 rings (SSSR count). The maximum atomic E-state index is 11.1. The normalized spacial score (nSPS) is 9.38. The minimum atomic E-state index is -0.541. The lowest BCUT2D eigenvalue weighted by molar-refractivity contribution is -0.385. The predicted molar refractivity (Wildman–Crippen MR) is 55.9 cm³/mol. The predicted octanol–water partition coefficient (Wildman–Crippen LogP) is 1.16. The van der Waals surface area contributed by atoms with Gasteiger partial charge in [-0.05, 0) is 6.07 Å². The number of nitro benzene ring substituents is 1. The Kier molecular flexibility index (Phi) is 3.65. The van der Waals surface area contributed by atoms with Gasteiger partial charge in [-0.25, -0.2) is 4.79 Å². The molecule has 0 aliphatic heterocycles. The van der Waals surface area contributed by atoms with Crippen molar-refractivity contribution in [2.75, 3.05) is 14.1 Å². The molecule has 7 heteroatoms. The molecule has 1 N–H and O–H groups in total. The molecular weight excluding hydrogens is 214 g/mol. The van der Waals surface area contributed by atoms with E-state index in [0.717, 1.165) is 0 Å². The van der Waals surface area contributed by atoms with E-state index >= 15 is 0 Å². The van der Waals surface area contributed by atoms with Gasteiger partial charge in [0.2, 0.25) is 0 Å². The van der Waals surface area contributed by atoms with Crippen LogP contribution in [0.2, 0.25) is 0 Å². The van der Waals surface area contributed by atoms with E-state index in [4.69, 9.17) is 4.84 Å². The Hall–Kier alpha value is -2.31. The Bertz CT molecular complexity index is 405. The van der Waals surface area contributed by atoms with Crippen molar-refractivity contribution in [3.05, 3.63) is 34.4 Å². The van der Waals surface area contributed by atoms with E-state index in [9.17, 15) is 14.9 Å². The van der Waals surface area contributed by atoms with Crippen LogP contribution in [0.15, 0.2) is 24.3 Å². The van der Waals surface area contributed by atoms with E-state index in [1.165, 1.54) is 29.2 Å². The van der Waals surface area contributed by atoms with Gasteiger partial charge in [-0.2, -0.15) is 5.48 Å². The van der Waals surface area contributed by atoms with Crippen molar-refractivity contribution in [2.45, 2.75) is 0 Å². The molecule has 0 aliphatic rings. The number of urea groups is 1. The molecule has 0 unspecified atom stereocenters. The monoisotopic (exact) mass is 225 g/mol. The lowest BCUT2D eigenvalue weighted by Gasteiger charge is -2.11. The van der Waals surface area contributed by atoms with Crippen LogP contribution >= 0.6 is 0 Å². The van der Waals surface area contributed by atoms with E-state index in [0.29, 0.717) is 0 Å². The minimum absolute atomic E-state index is 0.100. The maximum Gasteiger partial charge on any atom is 0.349 e. The van der Waals surface area contributed by atoms with Crippen LogP contribution < -0.4 is 10.3 Å². The summed E-state index contributed by atoms with van der Waals surface area (Å²) in [6, 6.07) is 5.07. The molecule has 0 bridgehead atoms. The van der Waals surface area contributed by atoms with Crippen LogP contribution in [0.5, 0.6) is 5.75 Å². The number of hydroxylamine groups is 1. The Morgan fingerprint density at radius 2 is 2.19 bits per heavy atom. The van der Waals surface area contributed by atoms with Crippen molar-refractivity contribution >= 4 is 11.7 Å². The number of nitrogens with zero attached hydrogens (tertiary/aromatic N) is 2. The molecular formula is C9H11N3O4. The lowest BCUT2D eigenvalue weighted by Crippen LogP contribution is -2.36. The van der Waals surface area contributed by atoms with E-state index < -0.39 is 11.0 Å². The van der Waals surface area contributed by atoms with Gasteiger partial charge in [0.1, 0.15) is 0 Å². The van der Waals surface area contributed by atoms with Gasteiger partial charge in [-0.15, -0.1) is 0 Å².